The Morgan fingerprint density at radius 3 is 2.27 bits per heavy atom. The summed E-state index contributed by atoms with van der Waals surface area (Å²) in [6.45, 7) is 6.29. The maximum Gasteiger partial charge on any atom is 0.243 e. The number of aryl methyl sites for hydroxylation is 1. The molecule has 26 heavy (non-hydrogen) atoms. The molecule has 1 aromatic carbocycles. The van der Waals surface area contributed by atoms with E-state index in [0.29, 0.717) is 11.4 Å². The van der Waals surface area contributed by atoms with Crippen molar-refractivity contribution in [3.05, 3.63) is 29.8 Å². The highest BCUT2D eigenvalue weighted by Crippen LogP contribution is 2.23. The minimum absolute atomic E-state index is 0.0788. The maximum absolute atomic E-state index is 13.0. The summed E-state index contributed by atoms with van der Waals surface area (Å²) in [5, 5.41) is 3.37. The highest BCUT2D eigenvalue weighted by Gasteiger charge is 2.32. The van der Waals surface area contributed by atoms with Crippen molar-refractivity contribution in [3.8, 4) is 0 Å². The zero-order chi connectivity index (χ0) is 18.8. The smallest absolute Gasteiger partial charge is 0.243 e. The average Bonchev–Trinajstić information content (AvgIpc) is 2.64. The van der Waals surface area contributed by atoms with Gasteiger partial charge in [-0.05, 0) is 25.5 Å². The van der Waals surface area contributed by atoms with Crippen molar-refractivity contribution < 1.29 is 8.42 Å². The van der Waals surface area contributed by atoms with Crippen LogP contribution >= 0.6 is 0 Å². The molecule has 0 aromatic heterocycles. The van der Waals surface area contributed by atoms with Crippen LogP contribution in [0.2, 0.25) is 0 Å². The fraction of sp³-hybridized carbons (Fsp3) is 0.714. The van der Waals surface area contributed by atoms with Gasteiger partial charge in [0.1, 0.15) is 0 Å². The quantitative estimate of drug-likeness (QED) is 0.576. The van der Waals surface area contributed by atoms with Gasteiger partial charge in [0.2, 0.25) is 10.0 Å². The second-order valence-electron chi connectivity index (χ2n) is 7.55. The highest BCUT2D eigenvalue weighted by atomic mass is 32.2. The van der Waals surface area contributed by atoms with E-state index in [9.17, 15) is 8.42 Å². The fourth-order valence-corrected chi connectivity index (χ4v) is 5.32. The predicted octanol–water partition coefficient (Wildman–Crippen LogP) is 4.49. The predicted molar refractivity (Wildman–Crippen MR) is 109 cm³/mol. The van der Waals surface area contributed by atoms with Crippen LogP contribution in [-0.4, -0.2) is 38.4 Å². The molecule has 1 unspecified atom stereocenters. The summed E-state index contributed by atoms with van der Waals surface area (Å²) in [7, 11) is -3.39. The number of nitrogens with zero attached hydrogens (tertiary/aromatic N) is 1. The van der Waals surface area contributed by atoms with Crippen molar-refractivity contribution in [2.45, 2.75) is 82.6 Å². The monoisotopic (exact) mass is 380 g/mol. The molecular formula is C21H36N2O2S. The number of unbranched alkanes of at least 4 members (excludes halogenated alkanes) is 7. The van der Waals surface area contributed by atoms with Gasteiger partial charge in [0.05, 0.1) is 4.90 Å². The number of nitrogens with one attached hydrogen (secondary N) is 1. The van der Waals surface area contributed by atoms with Crippen molar-refractivity contribution in [2.24, 2.45) is 0 Å². The molecule has 2 rings (SSSR count). The Balaban J connectivity index is 1.84. The van der Waals surface area contributed by atoms with Crippen molar-refractivity contribution in [1.29, 1.82) is 0 Å². The summed E-state index contributed by atoms with van der Waals surface area (Å²) in [5.74, 6) is 0. The zero-order valence-electron chi connectivity index (χ0n) is 16.5. The largest absolute Gasteiger partial charge is 0.314 e. The molecule has 148 valence electrons. The standard InChI is InChI=1S/C21H36N2O2S/c1-3-4-5-6-7-8-9-10-11-20-18-22-16-17-23(20)26(24,25)21-14-12-19(2)13-15-21/h12-15,20,22H,3-11,16-18H2,1-2H3. The Morgan fingerprint density at radius 1 is 1.00 bits per heavy atom. The first-order chi connectivity index (χ1) is 12.6. The molecule has 1 aliphatic heterocycles. The van der Waals surface area contributed by atoms with Crippen molar-refractivity contribution in [3.63, 3.8) is 0 Å². The van der Waals surface area contributed by atoms with Crippen LogP contribution in [0.4, 0.5) is 0 Å². The normalized spacial score (nSPS) is 18.9. The van der Waals surface area contributed by atoms with Gasteiger partial charge in [0.25, 0.3) is 0 Å². The lowest BCUT2D eigenvalue weighted by atomic mass is 10.0. The molecule has 5 heteroatoms. The minimum atomic E-state index is -3.39. The lowest BCUT2D eigenvalue weighted by Crippen LogP contribution is -2.53. The van der Waals surface area contributed by atoms with Crippen molar-refractivity contribution in [2.75, 3.05) is 19.6 Å². The van der Waals surface area contributed by atoms with Gasteiger partial charge in [0, 0.05) is 25.7 Å². The zero-order valence-corrected chi connectivity index (χ0v) is 17.4. The third kappa shape index (κ3) is 6.36. The molecule has 4 nitrogen and oxygen atoms in total. The second kappa shape index (κ2) is 11.1. The first-order valence-corrected chi connectivity index (χ1v) is 11.8. The number of benzene rings is 1. The molecule has 0 radical (unpaired) electrons. The van der Waals surface area contributed by atoms with E-state index < -0.39 is 10.0 Å². The Kier molecular flexibility index (Phi) is 9.09. The number of piperazine rings is 1. The first kappa shape index (κ1) is 21.4. The topological polar surface area (TPSA) is 49.4 Å². The van der Waals surface area contributed by atoms with Crippen LogP contribution in [0.3, 0.4) is 0 Å². The van der Waals surface area contributed by atoms with E-state index in [-0.39, 0.29) is 6.04 Å². The molecule has 1 saturated heterocycles. The third-order valence-corrected chi connectivity index (χ3v) is 7.28. The fourth-order valence-electron chi connectivity index (χ4n) is 3.66. The van der Waals surface area contributed by atoms with E-state index in [2.05, 4.69) is 12.2 Å². The van der Waals surface area contributed by atoms with Crippen LogP contribution in [0.5, 0.6) is 0 Å². The molecular weight excluding hydrogens is 344 g/mol. The summed E-state index contributed by atoms with van der Waals surface area (Å²) in [4.78, 5) is 0.422. The summed E-state index contributed by atoms with van der Waals surface area (Å²) >= 11 is 0. The van der Waals surface area contributed by atoms with Gasteiger partial charge < -0.3 is 5.32 Å². The van der Waals surface area contributed by atoms with Crippen LogP contribution < -0.4 is 5.32 Å². The number of rotatable bonds is 11. The van der Waals surface area contributed by atoms with E-state index in [1.165, 1.54) is 44.9 Å². The summed E-state index contributed by atoms with van der Waals surface area (Å²) in [5.41, 5.74) is 1.08. The molecule has 0 amide bonds. The molecule has 1 aliphatic rings. The molecule has 1 fully saturated rings. The van der Waals surface area contributed by atoms with E-state index in [4.69, 9.17) is 0 Å². The summed E-state index contributed by atoms with van der Waals surface area (Å²) in [6, 6.07) is 7.31. The number of hydrogen-bond acceptors (Lipinski definition) is 3. The van der Waals surface area contributed by atoms with Gasteiger partial charge in [0.15, 0.2) is 0 Å². The Labute approximate surface area is 160 Å². The van der Waals surface area contributed by atoms with Gasteiger partial charge in [-0.3, -0.25) is 0 Å². The van der Waals surface area contributed by atoms with Crippen LogP contribution in [-0.2, 0) is 10.0 Å². The SMILES string of the molecule is CCCCCCCCCCC1CNCCN1S(=O)(=O)c1ccc(C)cc1. The van der Waals surface area contributed by atoms with Gasteiger partial charge in [-0.1, -0.05) is 76.0 Å². The lowest BCUT2D eigenvalue weighted by Gasteiger charge is -2.35. The van der Waals surface area contributed by atoms with Crippen LogP contribution in [0.15, 0.2) is 29.2 Å². The first-order valence-electron chi connectivity index (χ1n) is 10.3. The molecule has 0 bridgehead atoms. The van der Waals surface area contributed by atoms with Gasteiger partial charge in [-0.2, -0.15) is 4.31 Å². The van der Waals surface area contributed by atoms with E-state index in [0.717, 1.165) is 31.5 Å². The van der Waals surface area contributed by atoms with Gasteiger partial charge >= 0.3 is 0 Å². The second-order valence-corrected chi connectivity index (χ2v) is 9.44. The van der Waals surface area contributed by atoms with E-state index in [1.807, 2.05) is 19.1 Å². The Bertz CT molecular complexity index is 613. The summed E-state index contributed by atoms with van der Waals surface area (Å²) in [6.07, 6.45) is 11.2. The lowest BCUT2D eigenvalue weighted by molar-refractivity contribution is 0.250. The van der Waals surface area contributed by atoms with E-state index >= 15 is 0 Å². The molecule has 0 spiro atoms. The van der Waals surface area contributed by atoms with Crippen molar-refractivity contribution >= 4 is 10.0 Å². The van der Waals surface area contributed by atoms with Gasteiger partial charge in [-0.15, -0.1) is 0 Å². The van der Waals surface area contributed by atoms with Crippen LogP contribution in [0.25, 0.3) is 0 Å². The van der Waals surface area contributed by atoms with Crippen molar-refractivity contribution in [1.82, 2.24) is 9.62 Å². The number of hydrogen-bond donors (Lipinski definition) is 1. The van der Waals surface area contributed by atoms with Crippen LogP contribution in [0, 0.1) is 6.92 Å². The van der Waals surface area contributed by atoms with Crippen LogP contribution in [0.1, 0.15) is 70.3 Å². The molecule has 0 saturated carbocycles. The van der Waals surface area contributed by atoms with Gasteiger partial charge in [-0.25, -0.2) is 8.42 Å². The average molecular weight is 381 g/mol. The van der Waals surface area contributed by atoms with E-state index in [1.54, 1.807) is 16.4 Å². The number of sulfonamides is 1. The highest BCUT2D eigenvalue weighted by molar-refractivity contribution is 7.89. The molecule has 1 N–H and O–H groups in total. The third-order valence-electron chi connectivity index (χ3n) is 5.31. The maximum atomic E-state index is 13.0. The molecule has 1 heterocycles. The molecule has 1 aromatic rings. The minimum Gasteiger partial charge on any atom is -0.314 e. The molecule has 1 atom stereocenters. The Hall–Kier alpha value is -0.910. The Morgan fingerprint density at radius 2 is 1.62 bits per heavy atom. The summed E-state index contributed by atoms with van der Waals surface area (Å²) < 4.78 is 27.8. The molecule has 0 aliphatic carbocycles.